The van der Waals surface area contributed by atoms with Crippen LogP contribution in [0, 0.1) is 5.92 Å². The first kappa shape index (κ1) is 18.0. The molecule has 1 unspecified atom stereocenters. The summed E-state index contributed by atoms with van der Waals surface area (Å²) in [6.45, 7) is 3.37. The highest BCUT2D eigenvalue weighted by Crippen LogP contribution is 2.31. The van der Waals surface area contributed by atoms with Crippen LogP contribution >= 0.6 is 0 Å². The lowest BCUT2D eigenvalue weighted by Crippen LogP contribution is -2.43. The lowest BCUT2D eigenvalue weighted by molar-refractivity contribution is 0.0486. The molecule has 8 heteroatoms. The van der Waals surface area contributed by atoms with Crippen LogP contribution in [0.5, 0.6) is 0 Å². The minimum Gasteiger partial charge on any atom is -0.396 e. The Morgan fingerprint density at radius 3 is 2.64 bits per heavy atom. The van der Waals surface area contributed by atoms with Crippen LogP contribution < -0.4 is 21.5 Å². The number of hydrogen-bond acceptors (Lipinski definition) is 6. The van der Waals surface area contributed by atoms with Gasteiger partial charge in [-0.1, -0.05) is 12.8 Å². The second-order valence-corrected chi connectivity index (χ2v) is 6.84. The molecule has 1 atom stereocenters. The van der Waals surface area contributed by atoms with Crippen molar-refractivity contribution in [2.75, 3.05) is 30.0 Å². The lowest BCUT2D eigenvalue weighted by Gasteiger charge is -2.25. The SMILES string of the molecule is CCN1c2c(n(C)c(=O)n(CCCO)c2=O)NC1OCC1CCCC1. The molecule has 1 aromatic heterocycles. The van der Waals surface area contributed by atoms with E-state index in [9.17, 15) is 9.59 Å². The van der Waals surface area contributed by atoms with Crippen LogP contribution in [-0.2, 0) is 18.3 Å². The number of aliphatic hydroxyl groups is 1. The van der Waals surface area contributed by atoms with E-state index in [0.29, 0.717) is 37.0 Å². The van der Waals surface area contributed by atoms with Crippen LogP contribution in [0.3, 0.4) is 0 Å². The number of aliphatic hydroxyl groups excluding tert-OH is 1. The molecule has 2 aliphatic rings. The van der Waals surface area contributed by atoms with Crippen molar-refractivity contribution in [1.82, 2.24) is 9.13 Å². The van der Waals surface area contributed by atoms with Gasteiger partial charge in [0.2, 0.25) is 6.35 Å². The molecular formula is C17H28N4O4. The summed E-state index contributed by atoms with van der Waals surface area (Å²) in [5.74, 6) is 1.09. The molecule has 140 valence electrons. The molecule has 1 saturated carbocycles. The maximum absolute atomic E-state index is 12.8. The van der Waals surface area contributed by atoms with Crippen molar-refractivity contribution in [3.8, 4) is 0 Å². The molecule has 2 N–H and O–H groups in total. The van der Waals surface area contributed by atoms with Crippen LogP contribution in [0.2, 0.25) is 0 Å². The third-order valence-corrected chi connectivity index (χ3v) is 5.20. The molecule has 1 fully saturated rings. The van der Waals surface area contributed by atoms with E-state index in [-0.39, 0.29) is 24.4 Å². The quantitative estimate of drug-likeness (QED) is 0.750. The van der Waals surface area contributed by atoms with Gasteiger partial charge in [0.05, 0.1) is 6.61 Å². The summed E-state index contributed by atoms with van der Waals surface area (Å²) in [4.78, 5) is 27.2. The Labute approximate surface area is 147 Å². The first-order valence-electron chi connectivity index (χ1n) is 9.18. The molecule has 1 aliphatic carbocycles. The monoisotopic (exact) mass is 352 g/mol. The van der Waals surface area contributed by atoms with Crippen LogP contribution in [0.25, 0.3) is 0 Å². The molecule has 0 saturated heterocycles. The fourth-order valence-electron chi connectivity index (χ4n) is 3.77. The second-order valence-electron chi connectivity index (χ2n) is 6.84. The average molecular weight is 352 g/mol. The number of aromatic nitrogens is 2. The van der Waals surface area contributed by atoms with Crippen LogP contribution in [0.15, 0.2) is 9.59 Å². The van der Waals surface area contributed by atoms with Gasteiger partial charge in [-0.3, -0.25) is 13.9 Å². The Hall–Kier alpha value is -1.80. The number of fused-ring (bicyclic) bond motifs is 1. The average Bonchev–Trinajstić information content (AvgIpc) is 3.25. The van der Waals surface area contributed by atoms with E-state index in [0.717, 1.165) is 0 Å². The van der Waals surface area contributed by atoms with Gasteiger partial charge in [0, 0.05) is 26.7 Å². The molecule has 8 nitrogen and oxygen atoms in total. The molecule has 0 bridgehead atoms. The molecule has 1 aromatic rings. The standard InChI is InChI=1S/C17H28N4O4/c1-3-20-13-14(18-16(20)25-11-12-7-4-5-8-12)19(2)17(24)21(15(13)23)9-6-10-22/h12,16,18,22H,3-11H2,1-2H3. The smallest absolute Gasteiger partial charge is 0.332 e. The van der Waals surface area contributed by atoms with E-state index in [4.69, 9.17) is 9.84 Å². The highest BCUT2D eigenvalue weighted by molar-refractivity contribution is 5.71. The first-order valence-corrected chi connectivity index (χ1v) is 9.18. The normalized spacial score (nSPS) is 20.1. The summed E-state index contributed by atoms with van der Waals surface area (Å²) in [5, 5.41) is 12.2. The molecular weight excluding hydrogens is 324 g/mol. The number of rotatable bonds is 7. The van der Waals surface area contributed by atoms with Crippen molar-refractivity contribution in [2.45, 2.75) is 51.9 Å². The maximum Gasteiger partial charge on any atom is 0.332 e. The van der Waals surface area contributed by atoms with Gasteiger partial charge in [-0.25, -0.2) is 4.79 Å². The number of nitrogens with one attached hydrogen (secondary N) is 1. The number of ether oxygens (including phenoxy) is 1. The summed E-state index contributed by atoms with van der Waals surface area (Å²) in [7, 11) is 1.65. The van der Waals surface area contributed by atoms with Gasteiger partial charge in [0.15, 0.2) is 0 Å². The minimum atomic E-state index is -0.424. The van der Waals surface area contributed by atoms with E-state index in [2.05, 4.69) is 5.32 Å². The van der Waals surface area contributed by atoms with Gasteiger partial charge >= 0.3 is 5.69 Å². The van der Waals surface area contributed by atoms with Crippen molar-refractivity contribution in [3.05, 3.63) is 20.8 Å². The largest absolute Gasteiger partial charge is 0.396 e. The zero-order valence-corrected chi connectivity index (χ0v) is 15.0. The molecule has 0 spiro atoms. The molecule has 1 aliphatic heterocycles. The maximum atomic E-state index is 12.8. The fourth-order valence-corrected chi connectivity index (χ4v) is 3.77. The van der Waals surface area contributed by atoms with Crippen molar-refractivity contribution < 1.29 is 9.84 Å². The topological polar surface area (TPSA) is 88.7 Å². The van der Waals surface area contributed by atoms with Gasteiger partial charge in [0.1, 0.15) is 11.5 Å². The summed E-state index contributed by atoms with van der Waals surface area (Å²) < 4.78 is 8.70. The van der Waals surface area contributed by atoms with E-state index >= 15 is 0 Å². The van der Waals surface area contributed by atoms with Crippen LogP contribution in [0.4, 0.5) is 11.5 Å². The Kier molecular flexibility index (Phi) is 5.48. The predicted molar refractivity (Wildman–Crippen MR) is 96.0 cm³/mol. The van der Waals surface area contributed by atoms with Crippen molar-refractivity contribution in [3.63, 3.8) is 0 Å². The number of anilines is 2. The van der Waals surface area contributed by atoms with Gasteiger partial charge in [-0.2, -0.15) is 0 Å². The van der Waals surface area contributed by atoms with Crippen molar-refractivity contribution >= 4 is 11.5 Å². The van der Waals surface area contributed by atoms with Crippen molar-refractivity contribution in [1.29, 1.82) is 0 Å². The van der Waals surface area contributed by atoms with E-state index < -0.39 is 6.35 Å². The Morgan fingerprint density at radius 2 is 2.00 bits per heavy atom. The fraction of sp³-hybridized carbons (Fsp3) is 0.765. The van der Waals surface area contributed by atoms with Gasteiger partial charge < -0.3 is 20.1 Å². The molecule has 0 radical (unpaired) electrons. The molecule has 0 aromatic carbocycles. The number of nitrogens with zero attached hydrogens (tertiary/aromatic N) is 3. The summed E-state index contributed by atoms with van der Waals surface area (Å²) in [6.07, 6.45) is 4.85. The first-order chi connectivity index (χ1) is 12.1. The van der Waals surface area contributed by atoms with E-state index in [1.807, 2.05) is 11.8 Å². The van der Waals surface area contributed by atoms with Gasteiger partial charge in [-0.15, -0.1) is 0 Å². The van der Waals surface area contributed by atoms with Crippen LogP contribution in [-0.4, -0.2) is 40.4 Å². The van der Waals surface area contributed by atoms with E-state index in [1.165, 1.54) is 34.8 Å². The minimum absolute atomic E-state index is 0.0600. The highest BCUT2D eigenvalue weighted by Gasteiger charge is 2.35. The number of hydrogen-bond donors (Lipinski definition) is 2. The third kappa shape index (κ3) is 3.32. The van der Waals surface area contributed by atoms with E-state index in [1.54, 1.807) is 7.05 Å². The van der Waals surface area contributed by atoms with Gasteiger partial charge in [0.25, 0.3) is 5.56 Å². The Bertz CT molecular complexity index is 721. The van der Waals surface area contributed by atoms with Crippen molar-refractivity contribution in [2.24, 2.45) is 13.0 Å². The Morgan fingerprint density at radius 1 is 1.28 bits per heavy atom. The third-order valence-electron chi connectivity index (χ3n) is 5.20. The highest BCUT2D eigenvalue weighted by atomic mass is 16.5. The van der Waals surface area contributed by atoms with Gasteiger partial charge in [-0.05, 0) is 32.1 Å². The lowest BCUT2D eigenvalue weighted by atomic mass is 10.1. The zero-order chi connectivity index (χ0) is 18.0. The second kappa shape index (κ2) is 7.61. The van der Waals surface area contributed by atoms with Crippen LogP contribution in [0.1, 0.15) is 39.0 Å². The summed E-state index contributed by atoms with van der Waals surface area (Å²) in [5.41, 5.74) is -0.232. The molecule has 0 amide bonds. The molecule has 25 heavy (non-hydrogen) atoms. The zero-order valence-electron chi connectivity index (χ0n) is 15.0. The summed E-state index contributed by atoms with van der Waals surface area (Å²) >= 11 is 0. The Balaban J connectivity index is 1.88. The summed E-state index contributed by atoms with van der Waals surface area (Å²) in [6, 6.07) is 0. The molecule has 3 rings (SSSR count). The molecule has 2 heterocycles. The predicted octanol–water partition coefficient (Wildman–Crippen LogP) is 0.672.